The lowest BCUT2D eigenvalue weighted by atomic mass is 9.94. The Labute approximate surface area is 187 Å². The average Bonchev–Trinajstić information content (AvgIpc) is 3.05. The summed E-state index contributed by atoms with van der Waals surface area (Å²) in [5.74, 6) is -1.91. The summed E-state index contributed by atoms with van der Waals surface area (Å²) in [7, 11) is 0. The van der Waals surface area contributed by atoms with Crippen LogP contribution in [0.2, 0.25) is 0 Å². The first kappa shape index (κ1) is 21.4. The number of aliphatic hydroxyl groups excluding tert-OH is 1. The molecule has 1 aliphatic heterocycles. The van der Waals surface area contributed by atoms with Crippen LogP contribution in [0, 0.1) is 13.8 Å². The number of phenols is 1. The van der Waals surface area contributed by atoms with Gasteiger partial charge in [0.2, 0.25) is 0 Å². The highest BCUT2D eigenvalue weighted by molar-refractivity contribution is 6.51. The normalized spacial score (nSPS) is 17.7. The second-order valence-corrected chi connectivity index (χ2v) is 8.13. The number of aliphatic hydroxyl groups is 1. The minimum absolute atomic E-state index is 0.00533. The third kappa shape index (κ3) is 3.66. The maximum absolute atomic E-state index is 13.2. The number of nitrogens with zero attached hydrogens (tertiary/aromatic N) is 1. The lowest BCUT2D eigenvalue weighted by Crippen LogP contribution is -2.29. The molecule has 3 aromatic carbocycles. The van der Waals surface area contributed by atoms with Crippen LogP contribution in [0.4, 0.5) is 5.69 Å². The van der Waals surface area contributed by atoms with E-state index in [1.807, 2.05) is 57.2 Å². The van der Waals surface area contributed by atoms with Gasteiger partial charge in [-0.1, -0.05) is 67.1 Å². The Morgan fingerprint density at radius 1 is 0.938 bits per heavy atom. The van der Waals surface area contributed by atoms with Crippen LogP contribution in [0.5, 0.6) is 5.75 Å². The summed E-state index contributed by atoms with van der Waals surface area (Å²) >= 11 is 0. The van der Waals surface area contributed by atoms with E-state index < -0.39 is 17.7 Å². The van der Waals surface area contributed by atoms with Gasteiger partial charge in [0.15, 0.2) is 0 Å². The zero-order valence-electron chi connectivity index (χ0n) is 18.3. The van der Waals surface area contributed by atoms with Gasteiger partial charge in [0.05, 0.1) is 17.3 Å². The van der Waals surface area contributed by atoms with Crippen molar-refractivity contribution in [3.63, 3.8) is 0 Å². The first-order valence-electron chi connectivity index (χ1n) is 10.6. The van der Waals surface area contributed by atoms with Crippen molar-refractivity contribution in [1.82, 2.24) is 0 Å². The Balaban J connectivity index is 1.96. The lowest BCUT2D eigenvalue weighted by molar-refractivity contribution is -0.132. The number of hydrogen-bond donors (Lipinski definition) is 2. The van der Waals surface area contributed by atoms with Gasteiger partial charge in [-0.25, -0.2) is 0 Å². The van der Waals surface area contributed by atoms with E-state index in [1.54, 1.807) is 24.3 Å². The molecule has 1 heterocycles. The smallest absolute Gasteiger partial charge is 0.300 e. The zero-order valence-corrected chi connectivity index (χ0v) is 18.3. The van der Waals surface area contributed by atoms with Crippen molar-refractivity contribution in [2.75, 3.05) is 4.90 Å². The van der Waals surface area contributed by atoms with Crippen molar-refractivity contribution in [2.24, 2.45) is 0 Å². The van der Waals surface area contributed by atoms with Crippen molar-refractivity contribution in [3.05, 3.63) is 100 Å². The summed E-state index contributed by atoms with van der Waals surface area (Å²) in [6, 6.07) is 18.8. The summed E-state index contributed by atoms with van der Waals surface area (Å²) in [4.78, 5) is 27.7. The number of aromatic hydroxyl groups is 1. The second kappa shape index (κ2) is 8.35. The topological polar surface area (TPSA) is 77.8 Å². The highest BCUT2D eigenvalue weighted by Crippen LogP contribution is 2.45. The van der Waals surface area contributed by atoms with Gasteiger partial charge in [-0.3, -0.25) is 14.5 Å². The Bertz CT molecular complexity index is 1240. The molecular weight excluding hydrogens is 402 g/mol. The largest absolute Gasteiger partial charge is 0.507 e. The van der Waals surface area contributed by atoms with Gasteiger partial charge in [-0.15, -0.1) is 0 Å². The highest BCUT2D eigenvalue weighted by Gasteiger charge is 2.47. The van der Waals surface area contributed by atoms with E-state index in [0.29, 0.717) is 11.1 Å². The first-order valence-corrected chi connectivity index (χ1v) is 10.6. The molecule has 0 aliphatic carbocycles. The second-order valence-electron chi connectivity index (χ2n) is 8.13. The highest BCUT2D eigenvalue weighted by atomic mass is 16.3. The molecule has 4 rings (SSSR count). The third-order valence-corrected chi connectivity index (χ3v) is 5.83. The summed E-state index contributed by atoms with van der Waals surface area (Å²) in [5.41, 5.74) is 4.27. The monoisotopic (exact) mass is 427 g/mol. The molecule has 0 radical (unpaired) electrons. The van der Waals surface area contributed by atoms with E-state index in [9.17, 15) is 19.8 Å². The van der Waals surface area contributed by atoms with E-state index in [1.165, 1.54) is 11.0 Å². The molecule has 1 aliphatic rings. The van der Waals surface area contributed by atoms with Gasteiger partial charge in [0, 0.05) is 5.56 Å². The molecule has 162 valence electrons. The number of carbonyl (C=O) groups is 2. The molecule has 1 saturated heterocycles. The number of Topliss-reactive ketones (excluding diaryl/α,β-unsaturated/α-hetero) is 1. The van der Waals surface area contributed by atoms with E-state index in [0.717, 1.165) is 23.1 Å². The van der Waals surface area contributed by atoms with Crippen molar-refractivity contribution < 1.29 is 19.8 Å². The molecule has 3 aromatic rings. The van der Waals surface area contributed by atoms with Crippen LogP contribution in [0.3, 0.4) is 0 Å². The van der Waals surface area contributed by atoms with Crippen molar-refractivity contribution >= 4 is 23.1 Å². The van der Waals surface area contributed by atoms with Gasteiger partial charge >= 0.3 is 0 Å². The van der Waals surface area contributed by atoms with Crippen LogP contribution in [0.15, 0.2) is 72.3 Å². The molecule has 0 spiro atoms. The number of aryl methyl sites for hydroxylation is 3. The summed E-state index contributed by atoms with van der Waals surface area (Å²) < 4.78 is 0. The number of benzene rings is 3. The third-order valence-electron chi connectivity index (χ3n) is 5.83. The fourth-order valence-corrected chi connectivity index (χ4v) is 4.12. The van der Waals surface area contributed by atoms with Gasteiger partial charge in [0.25, 0.3) is 11.7 Å². The number of ketones is 1. The molecule has 0 saturated carbocycles. The van der Waals surface area contributed by atoms with Crippen LogP contribution in [-0.4, -0.2) is 21.9 Å². The van der Waals surface area contributed by atoms with Gasteiger partial charge < -0.3 is 10.2 Å². The lowest BCUT2D eigenvalue weighted by Gasteiger charge is -2.26. The van der Waals surface area contributed by atoms with E-state index in [2.05, 4.69) is 0 Å². The standard InChI is InChI=1S/C27H25NO4/c1-4-18-9-11-19(12-10-18)25(30)23-24(20-7-5-6-16(2)14-20)28(27(32)26(23)31)21-15-17(3)8-13-22(21)29/h5-15,24,29-30H,4H2,1-3H3/b25-23+. The number of phenolic OH excluding ortho intramolecular Hbond substituents is 1. The number of anilines is 1. The van der Waals surface area contributed by atoms with E-state index >= 15 is 0 Å². The van der Waals surface area contributed by atoms with Crippen molar-refractivity contribution in [3.8, 4) is 5.75 Å². The van der Waals surface area contributed by atoms with Crippen molar-refractivity contribution in [1.29, 1.82) is 0 Å². The van der Waals surface area contributed by atoms with Gasteiger partial charge in [-0.2, -0.15) is 0 Å². The Morgan fingerprint density at radius 2 is 1.62 bits per heavy atom. The molecule has 2 N–H and O–H groups in total. The molecule has 1 atom stereocenters. The van der Waals surface area contributed by atoms with Crippen molar-refractivity contribution in [2.45, 2.75) is 33.2 Å². The maximum atomic E-state index is 13.2. The zero-order chi connectivity index (χ0) is 23.0. The number of carbonyl (C=O) groups excluding carboxylic acids is 2. The van der Waals surface area contributed by atoms with E-state index in [4.69, 9.17) is 0 Å². The summed E-state index contributed by atoms with van der Waals surface area (Å²) in [6.07, 6.45) is 0.849. The molecule has 5 nitrogen and oxygen atoms in total. The summed E-state index contributed by atoms with van der Waals surface area (Å²) in [5, 5.41) is 21.7. The van der Waals surface area contributed by atoms with Crippen LogP contribution in [-0.2, 0) is 16.0 Å². The Hall–Kier alpha value is -3.86. The average molecular weight is 428 g/mol. The molecule has 0 bridgehead atoms. The van der Waals surface area contributed by atoms with Crippen LogP contribution >= 0.6 is 0 Å². The Morgan fingerprint density at radius 3 is 2.28 bits per heavy atom. The quantitative estimate of drug-likeness (QED) is 0.341. The number of hydrogen-bond acceptors (Lipinski definition) is 4. The molecule has 32 heavy (non-hydrogen) atoms. The van der Waals surface area contributed by atoms with Crippen LogP contribution < -0.4 is 4.90 Å². The Kier molecular flexibility index (Phi) is 5.57. The SMILES string of the molecule is CCc1ccc(/C(O)=C2\C(=O)C(=O)N(c3cc(C)ccc3O)C2c2cccc(C)c2)cc1. The van der Waals surface area contributed by atoms with Gasteiger partial charge in [-0.05, 0) is 49.1 Å². The fourth-order valence-electron chi connectivity index (χ4n) is 4.12. The predicted octanol–water partition coefficient (Wildman–Crippen LogP) is 5.20. The predicted molar refractivity (Wildman–Crippen MR) is 125 cm³/mol. The molecule has 5 heteroatoms. The van der Waals surface area contributed by atoms with E-state index in [-0.39, 0.29) is 22.8 Å². The number of rotatable bonds is 4. The molecular formula is C27H25NO4. The summed E-state index contributed by atoms with van der Waals surface area (Å²) in [6.45, 7) is 5.80. The maximum Gasteiger partial charge on any atom is 0.300 e. The molecule has 1 unspecified atom stereocenters. The molecule has 1 amide bonds. The van der Waals surface area contributed by atoms with Crippen LogP contribution in [0.25, 0.3) is 5.76 Å². The van der Waals surface area contributed by atoms with Crippen LogP contribution in [0.1, 0.15) is 40.8 Å². The number of amides is 1. The molecule has 1 fully saturated rings. The minimum Gasteiger partial charge on any atom is -0.507 e. The fraction of sp³-hybridized carbons (Fsp3) is 0.185. The molecule has 0 aromatic heterocycles. The first-order chi connectivity index (χ1) is 15.3. The van der Waals surface area contributed by atoms with Gasteiger partial charge in [0.1, 0.15) is 11.5 Å². The minimum atomic E-state index is -0.867.